The summed E-state index contributed by atoms with van der Waals surface area (Å²) in [6.07, 6.45) is 0.849. The Balaban J connectivity index is 2.11. The average molecular weight is 204 g/mol. The van der Waals surface area contributed by atoms with Gasteiger partial charge in [-0.25, -0.2) is 0 Å². The molecule has 0 heterocycles. The zero-order valence-corrected chi connectivity index (χ0v) is 9.77. The molecule has 2 rings (SSSR count). The molecule has 1 saturated carbocycles. The molecule has 0 radical (unpaired) electrons. The molecule has 15 heavy (non-hydrogen) atoms. The van der Waals surface area contributed by atoms with Crippen LogP contribution in [0.3, 0.4) is 0 Å². The molecule has 1 fully saturated rings. The predicted molar refractivity (Wildman–Crippen MR) is 63.1 cm³/mol. The van der Waals surface area contributed by atoms with Crippen molar-refractivity contribution < 1.29 is 5.11 Å². The van der Waals surface area contributed by atoms with Gasteiger partial charge in [0.1, 0.15) is 0 Å². The topological polar surface area (TPSA) is 20.2 Å². The van der Waals surface area contributed by atoms with Gasteiger partial charge in [0.15, 0.2) is 0 Å². The summed E-state index contributed by atoms with van der Waals surface area (Å²) in [6.45, 7) is 6.56. The van der Waals surface area contributed by atoms with Crippen LogP contribution in [0.2, 0.25) is 0 Å². The van der Waals surface area contributed by atoms with Crippen LogP contribution < -0.4 is 0 Å². The third-order valence-electron chi connectivity index (χ3n) is 3.77. The van der Waals surface area contributed by atoms with Crippen molar-refractivity contribution in [3.63, 3.8) is 0 Å². The Morgan fingerprint density at radius 2 is 1.80 bits per heavy atom. The molecule has 0 aromatic heterocycles. The third kappa shape index (κ3) is 1.93. The largest absolute Gasteiger partial charge is 0.393 e. The van der Waals surface area contributed by atoms with Gasteiger partial charge in [0, 0.05) is 0 Å². The molecule has 1 aliphatic rings. The van der Waals surface area contributed by atoms with E-state index in [0.29, 0.717) is 17.8 Å². The molecule has 0 amide bonds. The number of benzene rings is 1. The molecule has 0 aliphatic heterocycles. The number of aliphatic hydroxyl groups is 1. The Labute approximate surface area is 92.1 Å². The molecule has 3 unspecified atom stereocenters. The van der Waals surface area contributed by atoms with Gasteiger partial charge in [0.05, 0.1) is 6.10 Å². The van der Waals surface area contributed by atoms with Gasteiger partial charge < -0.3 is 5.11 Å². The molecule has 1 aromatic rings. The van der Waals surface area contributed by atoms with E-state index in [0.717, 1.165) is 6.42 Å². The molecule has 1 aliphatic carbocycles. The van der Waals surface area contributed by atoms with Gasteiger partial charge in [-0.1, -0.05) is 45.0 Å². The Morgan fingerprint density at radius 3 is 2.20 bits per heavy atom. The number of aliphatic hydroxyl groups excluding tert-OH is 1. The lowest BCUT2D eigenvalue weighted by Gasteiger charge is -2.39. The SMILES string of the molecule is CC(C)c1ccc(C2CC(O)C2C)cc1. The minimum Gasteiger partial charge on any atom is -0.393 e. The van der Waals surface area contributed by atoms with Crippen LogP contribution in [0.5, 0.6) is 0 Å². The minimum absolute atomic E-state index is 0.0835. The minimum atomic E-state index is -0.0835. The van der Waals surface area contributed by atoms with Gasteiger partial charge >= 0.3 is 0 Å². The van der Waals surface area contributed by atoms with E-state index in [9.17, 15) is 5.11 Å². The fraction of sp³-hybridized carbons (Fsp3) is 0.571. The third-order valence-corrected chi connectivity index (χ3v) is 3.77. The maximum absolute atomic E-state index is 9.49. The van der Waals surface area contributed by atoms with Gasteiger partial charge in [-0.15, -0.1) is 0 Å². The maximum atomic E-state index is 9.49. The normalized spacial score (nSPS) is 30.3. The number of hydrogen-bond acceptors (Lipinski definition) is 1. The van der Waals surface area contributed by atoms with Gasteiger partial charge in [-0.3, -0.25) is 0 Å². The summed E-state index contributed by atoms with van der Waals surface area (Å²) in [4.78, 5) is 0. The standard InChI is InChI=1S/C14H20O/c1-9(2)11-4-6-12(7-5-11)13-8-14(15)10(13)3/h4-7,9-10,13-15H,8H2,1-3H3. The molecule has 1 heteroatoms. The van der Waals surface area contributed by atoms with Crippen molar-refractivity contribution in [2.75, 3.05) is 0 Å². The lowest BCUT2D eigenvalue weighted by Crippen LogP contribution is -2.37. The summed E-state index contributed by atoms with van der Waals surface area (Å²) in [5, 5.41) is 9.49. The first-order valence-electron chi connectivity index (χ1n) is 5.87. The van der Waals surface area contributed by atoms with Gasteiger partial charge in [0.2, 0.25) is 0 Å². The molecule has 0 saturated heterocycles. The van der Waals surface area contributed by atoms with Gasteiger partial charge in [-0.2, -0.15) is 0 Å². The Bertz CT molecular complexity index is 326. The lowest BCUT2D eigenvalue weighted by atomic mass is 9.68. The number of hydrogen-bond donors (Lipinski definition) is 1. The van der Waals surface area contributed by atoms with E-state index in [4.69, 9.17) is 0 Å². The van der Waals surface area contributed by atoms with Crippen molar-refractivity contribution in [1.82, 2.24) is 0 Å². The van der Waals surface area contributed by atoms with Crippen molar-refractivity contribution in [3.8, 4) is 0 Å². The van der Waals surface area contributed by atoms with Crippen molar-refractivity contribution in [2.24, 2.45) is 5.92 Å². The van der Waals surface area contributed by atoms with Crippen LogP contribution in [0.15, 0.2) is 24.3 Å². The second-order valence-corrected chi connectivity index (χ2v) is 5.09. The van der Waals surface area contributed by atoms with E-state index in [-0.39, 0.29) is 6.10 Å². The molecule has 1 N–H and O–H groups in total. The van der Waals surface area contributed by atoms with Gasteiger partial charge in [0.25, 0.3) is 0 Å². The molecular weight excluding hydrogens is 184 g/mol. The summed E-state index contributed by atoms with van der Waals surface area (Å²) in [7, 11) is 0. The summed E-state index contributed by atoms with van der Waals surface area (Å²) in [5.41, 5.74) is 2.78. The predicted octanol–water partition coefficient (Wildman–Crippen LogP) is 3.29. The van der Waals surface area contributed by atoms with Crippen LogP contribution in [-0.2, 0) is 0 Å². The second-order valence-electron chi connectivity index (χ2n) is 5.09. The van der Waals surface area contributed by atoms with Crippen LogP contribution in [0.1, 0.15) is 50.2 Å². The second kappa shape index (κ2) is 3.97. The van der Waals surface area contributed by atoms with Crippen molar-refractivity contribution in [1.29, 1.82) is 0 Å². The van der Waals surface area contributed by atoms with E-state index in [1.54, 1.807) is 0 Å². The summed E-state index contributed by atoms with van der Waals surface area (Å²) in [6, 6.07) is 8.89. The highest BCUT2D eigenvalue weighted by Crippen LogP contribution is 2.42. The van der Waals surface area contributed by atoms with E-state index in [1.165, 1.54) is 11.1 Å². The summed E-state index contributed by atoms with van der Waals surface area (Å²) in [5.74, 6) is 1.60. The summed E-state index contributed by atoms with van der Waals surface area (Å²) < 4.78 is 0. The lowest BCUT2D eigenvalue weighted by molar-refractivity contribution is 0.0117. The van der Waals surface area contributed by atoms with Crippen LogP contribution >= 0.6 is 0 Å². The highest BCUT2D eigenvalue weighted by molar-refractivity contribution is 5.29. The molecular formula is C14H20O. The van der Waals surface area contributed by atoms with Gasteiger partial charge in [-0.05, 0) is 35.3 Å². The van der Waals surface area contributed by atoms with Crippen LogP contribution in [0, 0.1) is 5.92 Å². The zero-order valence-electron chi connectivity index (χ0n) is 9.77. The van der Waals surface area contributed by atoms with E-state index in [1.807, 2.05) is 0 Å². The first kappa shape index (κ1) is 10.7. The van der Waals surface area contributed by atoms with E-state index >= 15 is 0 Å². The Kier molecular flexibility index (Phi) is 2.83. The number of rotatable bonds is 2. The fourth-order valence-corrected chi connectivity index (χ4v) is 2.33. The van der Waals surface area contributed by atoms with Crippen LogP contribution in [0.25, 0.3) is 0 Å². The zero-order chi connectivity index (χ0) is 11.0. The molecule has 1 aromatic carbocycles. The van der Waals surface area contributed by atoms with E-state index < -0.39 is 0 Å². The van der Waals surface area contributed by atoms with E-state index in [2.05, 4.69) is 45.0 Å². The molecule has 82 valence electrons. The summed E-state index contributed by atoms with van der Waals surface area (Å²) >= 11 is 0. The first-order valence-corrected chi connectivity index (χ1v) is 5.87. The molecule has 0 spiro atoms. The fourth-order valence-electron chi connectivity index (χ4n) is 2.33. The molecule has 0 bridgehead atoms. The maximum Gasteiger partial charge on any atom is 0.0577 e. The molecule has 1 nitrogen and oxygen atoms in total. The van der Waals surface area contributed by atoms with Crippen molar-refractivity contribution in [3.05, 3.63) is 35.4 Å². The van der Waals surface area contributed by atoms with Crippen LogP contribution in [0.4, 0.5) is 0 Å². The van der Waals surface area contributed by atoms with Crippen molar-refractivity contribution >= 4 is 0 Å². The Hall–Kier alpha value is -0.820. The quantitative estimate of drug-likeness (QED) is 0.783. The Morgan fingerprint density at radius 1 is 1.20 bits per heavy atom. The van der Waals surface area contributed by atoms with Crippen LogP contribution in [-0.4, -0.2) is 11.2 Å². The van der Waals surface area contributed by atoms with Crippen molar-refractivity contribution in [2.45, 2.75) is 45.1 Å². The smallest absolute Gasteiger partial charge is 0.0577 e. The highest BCUT2D eigenvalue weighted by atomic mass is 16.3. The molecule has 3 atom stereocenters. The monoisotopic (exact) mass is 204 g/mol. The highest BCUT2D eigenvalue weighted by Gasteiger charge is 2.36. The average Bonchev–Trinajstić information content (AvgIpc) is 2.25. The first-order chi connectivity index (χ1) is 7.09.